The third-order valence-corrected chi connectivity index (χ3v) is 2.53. The van der Waals surface area contributed by atoms with E-state index in [4.69, 9.17) is 0 Å². The van der Waals surface area contributed by atoms with E-state index in [1.807, 2.05) is 0 Å². The third kappa shape index (κ3) is 3.77. The van der Waals surface area contributed by atoms with Crippen LogP contribution in [0.2, 0.25) is 0 Å². The van der Waals surface area contributed by atoms with Crippen molar-refractivity contribution in [2.24, 2.45) is 4.99 Å². The molecule has 0 unspecified atom stereocenters. The normalized spacial score (nSPS) is 16.4. The quantitative estimate of drug-likeness (QED) is 0.691. The Morgan fingerprint density at radius 2 is 2.15 bits per heavy atom. The SMILES string of the molecule is CCN(CC)CCNC1=NCCC1. The molecular formula is C10H21N3. The molecule has 1 aliphatic heterocycles. The standard InChI is InChI=1S/C10H21N3/c1-3-13(4-2)9-8-12-10-6-5-7-11-10/h3-9H2,1-2H3,(H,11,12). The van der Waals surface area contributed by atoms with Gasteiger partial charge in [-0.3, -0.25) is 4.99 Å². The van der Waals surface area contributed by atoms with Gasteiger partial charge in [0.15, 0.2) is 0 Å². The molecule has 0 fully saturated rings. The lowest BCUT2D eigenvalue weighted by atomic mass is 10.3. The van der Waals surface area contributed by atoms with Crippen LogP contribution < -0.4 is 5.32 Å². The summed E-state index contributed by atoms with van der Waals surface area (Å²) in [4.78, 5) is 6.79. The monoisotopic (exact) mass is 183 g/mol. The van der Waals surface area contributed by atoms with Gasteiger partial charge < -0.3 is 10.2 Å². The Balaban J connectivity index is 2.05. The summed E-state index contributed by atoms with van der Waals surface area (Å²) in [6.07, 6.45) is 2.38. The zero-order valence-electron chi connectivity index (χ0n) is 8.84. The zero-order valence-corrected chi connectivity index (χ0v) is 8.84. The number of amidine groups is 1. The second-order valence-corrected chi connectivity index (χ2v) is 3.39. The summed E-state index contributed by atoms with van der Waals surface area (Å²) >= 11 is 0. The highest BCUT2D eigenvalue weighted by Crippen LogP contribution is 2.00. The first-order chi connectivity index (χ1) is 6.36. The molecule has 0 aromatic heterocycles. The minimum Gasteiger partial charge on any atom is -0.373 e. The molecule has 1 rings (SSSR count). The van der Waals surface area contributed by atoms with Crippen LogP contribution in [0.5, 0.6) is 0 Å². The fraction of sp³-hybridized carbons (Fsp3) is 0.900. The number of likely N-dealkylation sites (N-methyl/N-ethyl adjacent to an activating group) is 1. The minimum atomic E-state index is 1.02. The van der Waals surface area contributed by atoms with Crippen molar-refractivity contribution >= 4 is 5.84 Å². The Labute approximate surface area is 81.2 Å². The summed E-state index contributed by atoms with van der Waals surface area (Å²) in [6, 6.07) is 0. The van der Waals surface area contributed by atoms with Gasteiger partial charge in [-0.1, -0.05) is 13.8 Å². The number of rotatable bonds is 5. The smallest absolute Gasteiger partial charge is 0.0964 e. The first kappa shape index (κ1) is 10.5. The van der Waals surface area contributed by atoms with Gasteiger partial charge >= 0.3 is 0 Å². The lowest BCUT2D eigenvalue weighted by Crippen LogP contribution is -2.34. The van der Waals surface area contributed by atoms with Crippen LogP contribution in [-0.2, 0) is 0 Å². The first-order valence-electron chi connectivity index (χ1n) is 5.36. The molecule has 0 aliphatic carbocycles. The van der Waals surface area contributed by atoms with E-state index in [1.54, 1.807) is 0 Å². The maximum atomic E-state index is 4.37. The van der Waals surface area contributed by atoms with Gasteiger partial charge in [0.2, 0.25) is 0 Å². The zero-order chi connectivity index (χ0) is 9.52. The van der Waals surface area contributed by atoms with Gasteiger partial charge in [-0.2, -0.15) is 0 Å². The summed E-state index contributed by atoms with van der Waals surface area (Å²) < 4.78 is 0. The molecule has 1 heterocycles. The van der Waals surface area contributed by atoms with Crippen molar-refractivity contribution < 1.29 is 0 Å². The number of nitrogens with zero attached hydrogens (tertiary/aromatic N) is 2. The molecule has 0 aromatic rings. The second-order valence-electron chi connectivity index (χ2n) is 3.39. The molecule has 0 saturated carbocycles. The predicted molar refractivity (Wildman–Crippen MR) is 57.3 cm³/mol. The molecule has 0 radical (unpaired) electrons. The lowest BCUT2D eigenvalue weighted by molar-refractivity contribution is 0.308. The molecule has 3 heteroatoms. The summed E-state index contributed by atoms with van der Waals surface area (Å²) in [5.74, 6) is 1.21. The molecule has 1 aliphatic rings. The lowest BCUT2D eigenvalue weighted by Gasteiger charge is -2.18. The Morgan fingerprint density at radius 3 is 2.69 bits per heavy atom. The van der Waals surface area contributed by atoms with Gasteiger partial charge in [-0.05, 0) is 19.5 Å². The highest BCUT2D eigenvalue weighted by Gasteiger charge is 2.05. The molecule has 3 nitrogen and oxygen atoms in total. The summed E-state index contributed by atoms with van der Waals surface area (Å²) in [7, 11) is 0. The number of nitrogens with one attached hydrogen (secondary N) is 1. The van der Waals surface area contributed by atoms with Crippen LogP contribution >= 0.6 is 0 Å². The summed E-state index contributed by atoms with van der Waals surface area (Å²) in [5.41, 5.74) is 0. The van der Waals surface area contributed by atoms with Crippen molar-refractivity contribution in [1.82, 2.24) is 10.2 Å². The van der Waals surface area contributed by atoms with Crippen LogP contribution in [0, 0.1) is 0 Å². The summed E-state index contributed by atoms with van der Waals surface area (Å²) in [6.45, 7) is 9.89. The van der Waals surface area contributed by atoms with Crippen LogP contribution in [0.4, 0.5) is 0 Å². The van der Waals surface area contributed by atoms with Crippen LogP contribution in [0.25, 0.3) is 0 Å². The Kier molecular flexibility index (Phi) is 4.83. The van der Waals surface area contributed by atoms with Gasteiger partial charge in [0.1, 0.15) is 0 Å². The third-order valence-electron chi connectivity index (χ3n) is 2.53. The maximum Gasteiger partial charge on any atom is 0.0964 e. The van der Waals surface area contributed by atoms with E-state index in [0.717, 1.165) is 39.1 Å². The molecule has 0 amide bonds. The molecule has 76 valence electrons. The number of hydrogen-bond donors (Lipinski definition) is 1. The number of aliphatic imine (C=N–C) groups is 1. The van der Waals surface area contributed by atoms with Gasteiger partial charge in [0.05, 0.1) is 5.84 Å². The van der Waals surface area contributed by atoms with E-state index < -0.39 is 0 Å². The van der Waals surface area contributed by atoms with E-state index in [0.29, 0.717) is 0 Å². The van der Waals surface area contributed by atoms with Gasteiger partial charge in [0.25, 0.3) is 0 Å². The van der Waals surface area contributed by atoms with Crippen molar-refractivity contribution in [3.8, 4) is 0 Å². The fourth-order valence-corrected chi connectivity index (χ4v) is 1.58. The van der Waals surface area contributed by atoms with E-state index >= 15 is 0 Å². The molecule has 0 atom stereocenters. The number of hydrogen-bond acceptors (Lipinski definition) is 3. The highest BCUT2D eigenvalue weighted by molar-refractivity contribution is 5.83. The Hall–Kier alpha value is -0.570. The van der Waals surface area contributed by atoms with Crippen LogP contribution in [-0.4, -0.2) is 43.5 Å². The van der Waals surface area contributed by atoms with Crippen molar-refractivity contribution in [3.63, 3.8) is 0 Å². The van der Waals surface area contributed by atoms with Gasteiger partial charge in [0, 0.05) is 26.1 Å². The van der Waals surface area contributed by atoms with E-state index in [1.165, 1.54) is 12.3 Å². The molecule has 0 spiro atoms. The average Bonchev–Trinajstić information content (AvgIpc) is 2.65. The Bertz CT molecular complexity index is 162. The predicted octanol–water partition coefficient (Wildman–Crippen LogP) is 1.11. The fourth-order valence-electron chi connectivity index (χ4n) is 1.58. The Morgan fingerprint density at radius 1 is 1.38 bits per heavy atom. The topological polar surface area (TPSA) is 27.6 Å². The van der Waals surface area contributed by atoms with Crippen molar-refractivity contribution in [2.75, 3.05) is 32.7 Å². The molecule has 13 heavy (non-hydrogen) atoms. The van der Waals surface area contributed by atoms with Crippen LogP contribution in [0.3, 0.4) is 0 Å². The van der Waals surface area contributed by atoms with E-state index in [-0.39, 0.29) is 0 Å². The molecule has 0 bridgehead atoms. The molecular weight excluding hydrogens is 162 g/mol. The van der Waals surface area contributed by atoms with Crippen LogP contribution in [0.15, 0.2) is 4.99 Å². The van der Waals surface area contributed by atoms with Crippen LogP contribution in [0.1, 0.15) is 26.7 Å². The average molecular weight is 183 g/mol. The molecule has 1 N–H and O–H groups in total. The minimum absolute atomic E-state index is 1.02. The first-order valence-corrected chi connectivity index (χ1v) is 5.36. The molecule has 0 saturated heterocycles. The van der Waals surface area contributed by atoms with E-state index in [9.17, 15) is 0 Å². The largest absolute Gasteiger partial charge is 0.373 e. The van der Waals surface area contributed by atoms with E-state index in [2.05, 4.69) is 29.1 Å². The van der Waals surface area contributed by atoms with Crippen molar-refractivity contribution in [1.29, 1.82) is 0 Å². The highest BCUT2D eigenvalue weighted by atomic mass is 15.1. The molecule has 0 aromatic carbocycles. The van der Waals surface area contributed by atoms with Gasteiger partial charge in [-0.15, -0.1) is 0 Å². The summed E-state index contributed by atoms with van der Waals surface area (Å²) in [5, 5.41) is 3.39. The second kappa shape index (κ2) is 5.97. The van der Waals surface area contributed by atoms with Crippen molar-refractivity contribution in [2.45, 2.75) is 26.7 Å². The van der Waals surface area contributed by atoms with Gasteiger partial charge in [-0.25, -0.2) is 0 Å². The van der Waals surface area contributed by atoms with Crippen molar-refractivity contribution in [3.05, 3.63) is 0 Å². The maximum absolute atomic E-state index is 4.37.